The molecular formula is C4H4N2S2. The third-order valence-corrected chi connectivity index (χ3v) is 1.53. The molecule has 8 heavy (non-hydrogen) atoms. The minimum absolute atomic E-state index is 0.650. The van der Waals surface area contributed by atoms with Gasteiger partial charge < -0.3 is 0 Å². The lowest BCUT2D eigenvalue weighted by molar-refractivity contribution is 1.08. The number of hydrogen-bond donors (Lipinski definition) is 0. The Morgan fingerprint density at radius 2 is 2.50 bits per heavy atom. The highest BCUT2D eigenvalue weighted by Crippen LogP contribution is 1.93. The Morgan fingerprint density at radius 3 is 2.88 bits per heavy atom. The van der Waals surface area contributed by atoms with E-state index in [1.54, 1.807) is 5.51 Å². The second-order valence-corrected chi connectivity index (χ2v) is 2.76. The molecule has 0 amide bonds. The Labute approximate surface area is 56.2 Å². The summed E-state index contributed by atoms with van der Waals surface area (Å²) >= 11 is 6.14. The zero-order chi connectivity index (χ0) is 5.98. The lowest BCUT2D eigenvalue weighted by atomic mass is 10.7. The van der Waals surface area contributed by atoms with Gasteiger partial charge in [-0.2, -0.15) is 0 Å². The van der Waals surface area contributed by atoms with Gasteiger partial charge in [-0.25, -0.2) is 9.97 Å². The molecule has 0 fully saturated rings. The maximum Gasteiger partial charge on any atom is 0.183 e. The topological polar surface area (TPSA) is 25.8 Å². The van der Waals surface area contributed by atoms with E-state index in [1.807, 2.05) is 6.92 Å². The molecule has 0 N–H and O–H groups in total. The van der Waals surface area contributed by atoms with Crippen LogP contribution in [0, 0.1) is 10.9 Å². The fraction of sp³-hybridized carbons (Fsp3) is 0.250. The molecule has 2 nitrogen and oxygen atoms in total. The molecule has 0 spiro atoms. The fourth-order valence-electron chi connectivity index (χ4n) is 0.335. The Morgan fingerprint density at radius 1 is 1.75 bits per heavy atom. The average Bonchev–Trinajstić information content (AvgIpc) is 1.64. The largest absolute Gasteiger partial charge is 0.231 e. The molecular weight excluding hydrogens is 140 g/mol. The summed E-state index contributed by atoms with van der Waals surface area (Å²) in [6.07, 6.45) is 0. The zero-order valence-electron chi connectivity index (χ0n) is 4.29. The van der Waals surface area contributed by atoms with Gasteiger partial charge in [0, 0.05) is 0 Å². The first-order chi connectivity index (χ1) is 3.79. The van der Waals surface area contributed by atoms with E-state index in [0.717, 1.165) is 5.82 Å². The standard InChI is InChI=1S/C4H4N2S2/c1-3-5-2-8-4(7)6-3/h2H,1H3. The summed E-state index contributed by atoms with van der Waals surface area (Å²) in [5, 5.41) is 0. The molecule has 0 bridgehead atoms. The first kappa shape index (κ1) is 5.78. The van der Waals surface area contributed by atoms with Crippen molar-refractivity contribution in [3.05, 3.63) is 15.3 Å². The van der Waals surface area contributed by atoms with Gasteiger partial charge in [-0.3, -0.25) is 0 Å². The van der Waals surface area contributed by atoms with Crippen LogP contribution in [0.1, 0.15) is 5.82 Å². The molecule has 0 unspecified atom stereocenters. The van der Waals surface area contributed by atoms with Crippen molar-refractivity contribution < 1.29 is 0 Å². The minimum atomic E-state index is 0.650. The maximum absolute atomic E-state index is 4.77. The number of aromatic nitrogens is 2. The van der Waals surface area contributed by atoms with Crippen LogP contribution in [0.5, 0.6) is 0 Å². The van der Waals surface area contributed by atoms with Gasteiger partial charge in [-0.15, -0.1) is 0 Å². The number of rotatable bonds is 0. The predicted octanol–water partition coefficient (Wildman–Crippen LogP) is 1.58. The van der Waals surface area contributed by atoms with Crippen molar-refractivity contribution in [2.45, 2.75) is 6.92 Å². The van der Waals surface area contributed by atoms with Gasteiger partial charge >= 0.3 is 0 Å². The molecule has 0 atom stereocenters. The van der Waals surface area contributed by atoms with Crippen molar-refractivity contribution >= 4 is 23.6 Å². The van der Waals surface area contributed by atoms with E-state index in [2.05, 4.69) is 9.97 Å². The van der Waals surface area contributed by atoms with Crippen molar-refractivity contribution in [2.75, 3.05) is 0 Å². The molecule has 42 valence electrons. The summed E-state index contributed by atoms with van der Waals surface area (Å²) in [5.74, 6) is 0.744. The lowest BCUT2D eigenvalue weighted by Crippen LogP contribution is -1.80. The molecule has 1 aromatic rings. The Bertz CT molecular complexity index is 229. The highest BCUT2D eigenvalue weighted by Gasteiger charge is 1.81. The highest BCUT2D eigenvalue weighted by molar-refractivity contribution is 7.73. The third-order valence-electron chi connectivity index (χ3n) is 0.646. The summed E-state index contributed by atoms with van der Waals surface area (Å²) in [6.45, 7) is 1.82. The molecule has 0 aliphatic rings. The molecule has 4 heteroatoms. The summed E-state index contributed by atoms with van der Waals surface area (Å²) in [5.41, 5.74) is 1.70. The third kappa shape index (κ3) is 1.31. The van der Waals surface area contributed by atoms with Crippen LogP contribution in [0.2, 0.25) is 0 Å². The van der Waals surface area contributed by atoms with E-state index in [1.165, 1.54) is 11.3 Å². The smallest absolute Gasteiger partial charge is 0.183 e. The molecule has 1 heterocycles. The Hall–Kier alpha value is -0.350. The number of aryl methyl sites for hydroxylation is 1. The molecule has 0 saturated heterocycles. The van der Waals surface area contributed by atoms with Crippen LogP contribution >= 0.6 is 23.6 Å². The minimum Gasteiger partial charge on any atom is -0.231 e. The SMILES string of the molecule is Cc1ncsc(=S)n1. The van der Waals surface area contributed by atoms with Crippen LogP contribution in [-0.2, 0) is 0 Å². The van der Waals surface area contributed by atoms with Crippen molar-refractivity contribution in [1.29, 1.82) is 0 Å². The molecule has 1 rings (SSSR count). The van der Waals surface area contributed by atoms with Gasteiger partial charge in [0.25, 0.3) is 0 Å². The maximum atomic E-state index is 4.77. The second-order valence-electron chi connectivity index (χ2n) is 1.28. The first-order valence-corrected chi connectivity index (χ1v) is 3.36. The van der Waals surface area contributed by atoms with Crippen molar-refractivity contribution in [2.24, 2.45) is 0 Å². The normalized spacial score (nSPS) is 9.12. The summed E-state index contributed by atoms with van der Waals surface area (Å²) in [7, 11) is 0. The molecule has 0 saturated carbocycles. The summed E-state index contributed by atoms with van der Waals surface area (Å²) in [6, 6.07) is 0. The van der Waals surface area contributed by atoms with Crippen LogP contribution < -0.4 is 0 Å². The van der Waals surface area contributed by atoms with Gasteiger partial charge in [-0.05, 0) is 19.1 Å². The summed E-state index contributed by atoms with van der Waals surface area (Å²) in [4.78, 5) is 7.78. The zero-order valence-corrected chi connectivity index (χ0v) is 5.92. The van der Waals surface area contributed by atoms with Crippen molar-refractivity contribution in [1.82, 2.24) is 9.97 Å². The van der Waals surface area contributed by atoms with Gasteiger partial charge in [0.2, 0.25) is 0 Å². The van der Waals surface area contributed by atoms with Crippen LogP contribution in [-0.4, -0.2) is 9.97 Å². The van der Waals surface area contributed by atoms with Gasteiger partial charge in [-0.1, -0.05) is 11.3 Å². The predicted molar refractivity (Wildman–Crippen MR) is 35.5 cm³/mol. The average molecular weight is 144 g/mol. The van der Waals surface area contributed by atoms with Crippen molar-refractivity contribution in [3.8, 4) is 0 Å². The van der Waals surface area contributed by atoms with E-state index in [4.69, 9.17) is 12.2 Å². The Balaban J connectivity index is 3.28. The van der Waals surface area contributed by atoms with E-state index < -0.39 is 0 Å². The van der Waals surface area contributed by atoms with E-state index >= 15 is 0 Å². The quantitative estimate of drug-likeness (QED) is 0.517. The van der Waals surface area contributed by atoms with E-state index in [9.17, 15) is 0 Å². The number of hydrogen-bond acceptors (Lipinski definition) is 4. The van der Waals surface area contributed by atoms with Crippen molar-refractivity contribution in [3.63, 3.8) is 0 Å². The van der Waals surface area contributed by atoms with Gasteiger partial charge in [0.15, 0.2) is 3.95 Å². The Kier molecular flexibility index (Phi) is 1.65. The molecule has 0 aromatic carbocycles. The first-order valence-electron chi connectivity index (χ1n) is 2.07. The fourth-order valence-corrected chi connectivity index (χ4v) is 1.08. The van der Waals surface area contributed by atoms with Gasteiger partial charge in [0.05, 0.1) is 5.51 Å². The molecule has 0 aliphatic carbocycles. The monoisotopic (exact) mass is 144 g/mol. The highest BCUT2D eigenvalue weighted by atomic mass is 32.1. The van der Waals surface area contributed by atoms with E-state index in [-0.39, 0.29) is 0 Å². The molecule has 0 aliphatic heterocycles. The summed E-state index contributed by atoms with van der Waals surface area (Å²) < 4.78 is 0.650. The van der Waals surface area contributed by atoms with Crippen LogP contribution in [0.3, 0.4) is 0 Å². The van der Waals surface area contributed by atoms with E-state index in [0.29, 0.717) is 3.95 Å². The molecule has 0 radical (unpaired) electrons. The number of nitrogens with zero attached hydrogens (tertiary/aromatic N) is 2. The van der Waals surface area contributed by atoms with Crippen LogP contribution in [0.4, 0.5) is 0 Å². The van der Waals surface area contributed by atoms with Crippen LogP contribution in [0.25, 0.3) is 0 Å². The van der Waals surface area contributed by atoms with Crippen LogP contribution in [0.15, 0.2) is 5.51 Å². The second kappa shape index (κ2) is 2.28. The lowest BCUT2D eigenvalue weighted by Gasteiger charge is -1.82. The molecule has 1 aromatic heterocycles. The van der Waals surface area contributed by atoms with Gasteiger partial charge in [0.1, 0.15) is 5.82 Å².